The monoisotopic (exact) mass is 360 g/mol. The number of hydrogen-bond acceptors (Lipinski definition) is 5. The minimum Gasteiger partial charge on any atom is -0.389 e. The van der Waals surface area contributed by atoms with Crippen LogP contribution >= 0.6 is 0 Å². The van der Waals surface area contributed by atoms with Crippen molar-refractivity contribution in [1.82, 2.24) is 9.21 Å². The molecular formula is C16H25FN2O4S. The number of nitrogens with zero attached hydrogens (tertiary/aromatic N) is 2. The lowest BCUT2D eigenvalue weighted by molar-refractivity contribution is -0.0117. The maximum Gasteiger partial charge on any atom is 0.243 e. The molecule has 1 unspecified atom stereocenters. The Kier molecular flexibility index (Phi) is 6.70. The van der Waals surface area contributed by atoms with Crippen LogP contribution in [0.5, 0.6) is 0 Å². The van der Waals surface area contributed by atoms with E-state index >= 15 is 0 Å². The van der Waals surface area contributed by atoms with Gasteiger partial charge in [-0.15, -0.1) is 0 Å². The molecule has 24 heavy (non-hydrogen) atoms. The molecule has 0 aliphatic carbocycles. The third kappa shape index (κ3) is 5.22. The van der Waals surface area contributed by atoms with Gasteiger partial charge >= 0.3 is 0 Å². The number of benzene rings is 1. The fourth-order valence-corrected chi connectivity index (χ4v) is 4.04. The van der Waals surface area contributed by atoms with Crippen LogP contribution in [0.4, 0.5) is 4.39 Å². The molecule has 136 valence electrons. The maximum absolute atomic E-state index is 13.3. The van der Waals surface area contributed by atoms with Crippen molar-refractivity contribution in [3.63, 3.8) is 0 Å². The molecule has 8 heteroatoms. The summed E-state index contributed by atoms with van der Waals surface area (Å²) in [5.41, 5.74) is 0. The molecule has 1 aliphatic heterocycles. The molecule has 1 N–H and O–H groups in total. The molecule has 1 aromatic carbocycles. The molecule has 1 saturated heterocycles. The van der Waals surface area contributed by atoms with Gasteiger partial charge in [-0.2, -0.15) is 4.31 Å². The average Bonchev–Trinajstić information content (AvgIpc) is 2.53. The van der Waals surface area contributed by atoms with Crippen molar-refractivity contribution < 1.29 is 22.7 Å². The molecular weight excluding hydrogens is 335 g/mol. The first-order chi connectivity index (χ1) is 11.3. The SMILES string of the molecule is CC(C)OCC(O)CN1CCN(S(=O)(=O)c2cccc(F)c2)CC1. The van der Waals surface area contributed by atoms with Crippen molar-refractivity contribution in [2.24, 2.45) is 0 Å². The Bertz CT molecular complexity index is 631. The van der Waals surface area contributed by atoms with Crippen molar-refractivity contribution in [3.8, 4) is 0 Å². The maximum atomic E-state index is 13.3. The number of ether oxygens (including phenoxy) is 1. The second kappa shape index (κ2) is 8.35. The van der Waals surface area contributed by atoms with Crippen LogP contribution in [-0.2, 0) is 14.8 Å². The number of aliphatic hydroxyl groups is 1. The van der Waals surface area contributed by atoms with Crippen LogP contribution in [0.1, 0.15) is 13.8 Å². The largest absolute Gasteiger partial charge is 0.389 e. The smallest absolute Gasteiger partial charge is 0.243 e. The fraction of sp³-hybridized carbons (Fsp3) is 0.625. The first-order valence-corrected chi connectivity index (χ1v) is 9.51. The number of piperazine rings is 1. The number of halogens is 1. The minimum absolute atomic E-state index is 0.0266. The van der Waals surface area contributed by atoms with E-state index in [4.69, 9.17) is 4.74 Å². The summed E-state index contributed by atoms with van der Waals surface area (Å²) in [6.07, 6.45) is -0.535. The van der Waals surface area contributed by atoms with E-state index in [1.165, 1.54) is 22.5 Å². The van der Waals surface area contributed by atoms with Gasteiger partial charge in [0.25, 0.3) is 0 Å². The Morgan fingerprint density at radius 2 is 1.92 bits per heavy atom. The molecule has 0 radical (unpaired) electrons. The van der Waals surface area contributed by atoms with Crippen molar-refractivity contribution in [2.75, 3.05) is 39.3 Å². The predicted octanol–water partition coefficient (Wildman–Crippen LogP) is 0.918. The van der Waals surface area contributed by atoms with Gasteiger partial charge in [-0.3, -0.25) is 4.90 Å². The van der Waals surface area contributed by atoms with Gasteiger partial charge in [-0.1, -0.05) is 6.07 Å². The fourth-order valence-electron chi connectivity index (χ4n) is 2.58. The van der Waals surface area contributed by atoms with Gasteiger partial charge in [0, 0.05) is 32.7 Å². The number of β-amino-alcohol motifs (C(OH)–C–C–N with tert-alkyl or cyclic N) is 1. The molecule has 1 heterocycles. The summed E-state index contributed by atoms with van der Waals surface area (Å²) in [5.74, 6) is -0.567. The van der Waals surface area contributed by atoms with E-state index in [1.54, 1.807) is 0 Å². The normalized spacial score (nSPS) is 18.9. The number of rotatable bonds is 7. The van der Waals surface area contributed by atoms with E-state index in [9.17, 15) is 17.9 Å². The molecule has 0 aromatic heterocycles. The van der Waals surface area contributed by atoms with Gasteiger partial charge in [0.05, 0.1) is 23.7 Å². The first-order valence-electron chi connectivity index (χ1n) is 8.07. The molecule has 0 spiro atoms. The first kappa shape index (κ1) is 19.3. The standard InChI is InChI=1S/C16H25FN2O4S/c1-13(2)23-12-15(20)11-18-6-8-19(9-7-18)24(21,22)16-5-3-4-14(17)10-16/h3-5,10,13,15,20H,6-9,11-12H2,1-2H3. The topological polar surface area (TPSA) is 70.1 Å². The van der Waals surface area contributed by atoms with Crippen molar-refractivity contribution >= 4 is 10.0 Å². The summed E-state index contributed by atoms with van der Waals surface area (Å²) < 4.78 is 45.0. The van der Waals surface area contributed by atoms with E-state index in [-0.39, 0.29) is 17.6 Å². The summed E-state index contributed by atoms with van der Waals surface area (Å²) in [4.78, 5) is 1.98. The van der Waals surface area contributed by atoms with Crippen molar-refractivity contribution in [3.05, 3.63) is 30.1 Å². The van der Waals surface area contributed by atoms with Crippen LogP contribution in [0.3, 0.4) is 0 Å². The molecule has 1 aromatic rings. The molecule has 0 bridgehead atoms. The van der Waals surface area contributed by atoms with Gasteiger partial charge < -0.3 is 9.84 Å². The highest BCUT2D eigenvalue weighted by Crippen LogP contribution is 2.18. The second-order valence-corrected chi connectivity index (χ2v) is 8.14. The summed E-state index contributed by atoms with van der Waals surface area (Å²) in [6.45, 7) is 6.19. The number of aliphatic hydroxyl groups excluding tert-OH is 1. The van der Waals surface area contributed by atoms with Gasteiger partial charge in [0.15, 0.2) is 0 Å². The van der Waals surface area contributed by atoms with Crippen molar-refractivity contribution in [1.29, 1.82) is 0 Å². The Morgan fingerprint density at radius 3 is 2.50 bits per heavy atom. The highest BCUT2D eigenvalue weighted by Gasteiger charge is 2.29. The molecule has 1 atom stereocenters. The number of hydrogen-bond donors (Lipinski definition) is 1. The molecule has 1 fully saturated rings. The molecule has 1 aliphatic rings. The molecule has 0 saturated carbocycles. The predicted molar refractivity (Wildman–Crippen MR) is 88.7 cm³/mol. The number of sulfonamides is 1. The summed E-state index contributed by atoms with van der Waals surface area (Å²) in [5, 5.41) is 9.94. The Labute approximate surface area is 142 Å². The lowest BCUT2D eigenvalue weighted by atomic mass is 10.3. The average molecular weight is 360 g/mol. The minimum atomic E-state index is -3.68. The summed E-state index contributed by atoms with van der Waals surface area (Å²) in [7, 11) is -3.68. The third-order valence-electron chi connectivity index (χ3n) is 3.86. The lowest BCUT2D eigenvalue weighted by Crippen LogP contribution is -2.50. The zero-order valence-corrected chi connectivity index (χ0v) is 14.9. The van der Waals surface area contributed by atoms with Gasteiger partial charge in [0.2, 0.25) is 10.0 Å². The summed E-state index contributed by atoms with van der Waals surface area (Å²) in [6, 6.07) is 5.05. The van der Waals surface area contributed by atoms with Crippen LogP contribution in [0.2, 0.25) is 0 Å². The van der Waals surface area contributed by atoms with E-state index in [1.807, 2.05) is 18.7 Å². The van der Waals surface area contributed by atoms with Gasteiger partial charge in [0.1, 0.15) is 5.82 Å². The van der Waals surface area contributed by atoms with Crippen LogP contribution in [0.25, 0.3) is 0 Å². The molecule has 0 amide bonds. The van der Waals surface area contributed by atoms with E-state index in [0.717, 1.165) is 6.07 Å². The van der Waals surface area contributed by atoms with E-state index in [2.05, 4.69) is 0 Å². The Hall–Kier alpha value is -1.06. The Morgan fingerprint density at radius 1 is 1.25 bits per heavy atom. The van der Waals surface area contributed by atoms with Crippen molar-refractivity contribution in [2.45, 2.75) is 31.0 Å². The summed E-state index contributed by atoms with van der Waals surface area (Å²) >= 11 is 0. The molecule has 2 rings (SSSR count). The van der Waals surface area contributed by atoms with Gasteiger partial charge in [-0.25, -0.2) is 12.8 Å². The Balaban J connectivity index is 1.88. The highest BCUT2D eigenvalue weighted by atomic mass is 32.2. The van der Waals surface area contributed by atoms with E-state index in [0.29, 0.717) is 32.7 Å². The third-order valence-corrected chi connectivity index (χ3v) is 5.75. The van der Waals surface area contributed by atoms with Crippen LogP contribution in [0.15, 0.2) is 29.2 Å². The lowest BCUT2D eigenvalue weighted by Gasteiger charge is -2.34. The van der Waals surface area contributed by atoms with Crippen LogP contribution in [0, 0.1) is 5.82 Å². The van der Waals surface area contributed by atoms with Crippen LogP contribution in [-0.4, -0.2) is 74.3 Å². The zero-order chi connectivity index (χ0) is 17.7. The zero-order valence-electron chi connectivity index (χ0n) is 14.1. The second-order valence-electron chi connectivity index (χ2n) is 6.20. The van der Waals surface area contributed by atoms with Gasteiger partial charge in [-0.05, 0) is 32.0 Å². The molecule has 6 nitrogen and oxygen atoms in total. The van der Waals surface area contributed by atoms with Crippen LogP contribution < -0.4 is 0 Å². The van der Waals surface area contributed by atoms with E-state index < -0.39 is 21.9 Å². The quantitative estimate of drug-likeness (QED) is 0.783. The highest BCUT2D eigenvalue weighted by molar-refractivity contribution is 7.89.